The van der Waals surface area contributed by atoms with Crippen LogP contribution in [0, 0.1) is 0 Å². The van der Waals surface area contributed by atoms with Crippen molar-refractivity contribution in [2.45, 2.75) is 4.90 Å². The van der Waals surface area contributed by atoms with Crippen molar-refractivity contribution in [1.29, 1.82) is 0 Å². The first-order valence-electron chi connectivity index (χ1n) is 5.30. The van der Waals surface area contributed by atoms with E-state index < -0.39 is 22.5 Å². The molecule has 19 heavy (non-hydrogen) atoms. The molecule has 0 aliphatic rings. The average molecular weight is 344 g/mol. The molecular weight excluding hydrogens is 334 g/mol. The highest BCUT2D eigenvalue weighted by molar-refractivity contribution is 9.10. The molecular formula is C12H10BrNO4S. The summed E-state index contributed by atoms with van der Waals surface area (Å²) in [5.41, 5.74) is 0. The molecule has 0 saturated heterocycles. The summed E-state index contributed by atoms with van der Waals surface area (Å²) in [4.78, 5) is 10.5. The largest absolute Gasteiger partial charge is 0.480 e. The van der Waals surface area contributed by atoms with E-state index in [1.54, 1.807) is 24.3 Å². The number of carboxylic acids is 1. The molecule has 0 atom stereocenters. The van der Waals surface area contributed by atoms with Crippen LogP contribution in [0.3, 0.4) is 0 Å². The molecule has 0 aromatic heterocycles. The zero-order valence-corrected chi connectivity index (χ0v) is 12.0. The molecule has 2 aromatic rings. The number of fused-ring (bicyclic) bond motifs is 1. The van der Waals surface area contributed by atoms with Gasteiger partial charge in [-0.2, -0.15) is 4.72 Å². The molecule has 0 radical (unpaired) electrons. The molecule has 2 N–H and O–H groups in total. The normalized spacial score (nSPS) is 11.6. The number of halogens is 1. The molecule has 100 valence electrons. The summed E-state index contributed by atoms with van der Waals surface area (Å²) in [5.74, 6) is -1.23. The van der Waals surface area contributed by atoms with E-state index in [4.69, 9.17) is 5.11 Å². The van der Waals surface area contributed by atoms with Gasteiger partial charge < -0.3 is 5.11 Å². The molecule has 0 aliphatic carbocycles. The number of rotatable bonds is 4. The summed E-state index contributed by atoms with van der Waals surface area (Å²) < 4.78 is 27.0. The van der Waals surface area contributed by atoms with Gasteiger partial charge >= 0.3 is 5.97 Å². The predicted molar refractivity (Wildman–Crippen MR) is 74.5 cm³/mol. The summed E-state index contributed by atoms with van der Waals surface area (Å²) in [6, 6.07) is 10.1. The molecule has 0 saturated carbocycles. The van der Waals surface area contributed by atoms with Gasteiger partial charge in [-0.25, -0.2) is 8.42 Å². The first-order valence-corrected chi connectivity index (χ1v) is 7.58. The van der Waals surface area contributed by atoms with Crippen LogP contribution in [-0.2, 0) is 14.8 Å². The van der Waals surface area contributed by atoms with Gasteiger partial charge in [0.05, 0.1) is 4.90 Å². The Kier molecular flexibility index (Phi) is 3.88. The van der Waals surface area contributed by atoms with Crippen LogP contribution in [0.4, 0.5) is 0 Å². The third-order valence-electron chi connectivity index (χ3n) is 2.53. The zero-order chi connectivity index (χ0) is 14.0. The monoisotopic (exact) mass is 343 g/mol. The smallest absolute Gasteiger partial charge is 0.318 e. The highest BCUT2D eigenvalue weighted by Gasteiger charge is 2.18. The third kappa shape index (κ3) is 2.94. The Morgan fingerprint density at radius 1 is 1.16 bits per heavy atom. The van der Waals surface area contributed by atoms with E-state index in [-0.39, 0.29) is 4.90 Å². The Hall–Kier alpha value is -1.44. The Labute approximate surface area is 118 Å². The van der Waals surface area contributed by atoms with Crippen molar-refractivity contribution in [3.63, 3.8) is 0 Å². The van der Waals surface area contributed by atoms with Crippen LogP contribution in [0.2, 0.25) is 0 Å². The zero-order valence-electron chi connectivity index (χ0n) is 9.63. The Morgan fingerprint density at radius 3 is 2.47 bits per heavy atom. The van der Waals surface area contributed by atoms with Crippen molar-refractivity contribution in [2.75, 3.05) is 6.54 Å². The van der Waals surface area contributed by atoms with E-state index in [2.05, 4.69) is 15.9 Å². The molecule has 0 spiro atoms. The van der Waals surface area contributed by atoms with Crippen molar-refractivity contribution >= 4 is 42.7 Å². The van der Waals surface area contributed by atoms with E-state index >= 15 is 0 Å². The topological polar surface area (TPSA) is 83.5 Å². The minimum absolute atomic E-state index is 0.0625. The third-order valence-corrected chi connectivity index (χ3v) is 4.68. The van der Waals surface area contributed by atoms with Crippen molar-refractivity contribution in [1.82, 2.24) is 4.72 Å². The van der Waals surface area contributed by atoms with Gasteiger partial charge in [-0.15, -0.1) is 0 Å². The van der Waals surface area contributed by atoms with Gasteiger partial charge in [0, 0.05) is 9.86 Å². The minimum atomic E-state index is -3.85. The van der Waals surface area contributed by atoms with E-state index in [1.165, 1.54) is 6.07 Å². The highest BCUT2D eigenvalue weighted by Crippen LogP contribution is 2.28. The number of carboxylic acid groups (broad SMARTS) is 1. The fourth-order valence-corrected chi connectivity index (χ4v) is 3.40. The summed E-state index contributed by atoms with van der Waals surface area (Å²) in [5, 5.41) is 9.83. The SMILES string of the molecule is O=C(O)CNS(=O)(=O)c1cccc2c(Br)cccc12. The second-order valence-corrected chi connectivity index (χ2v) is 6.40. The number of hydrogen-bond donors (Lipinski definition) is 2. The Balaban J connectivity index is 2.57. The van der Waals surface area contributed by atoms with E-state index in [1.807, 2.05) is 10.8 Å². The van der Waals surface area contributed by atoms with Crippen LogP contribution in [0.1, 0.15) is 0 Å². The Morgan fingerprint density at radius 2 is 1.79 bits per heavy atom. The fourth-order valence-electron chi connectivity index (χ4n) is 1.71. The summed E-state index contributed by atoms with van der Waals surface area (Å²) in [6.07, 6.45) is 0. The summed E-state index contributed by atoms with van der Waals surface area (Å²) >= 11 is 3.35. The lowest BCUT2D eigenvalue weighted by molar-refractivity contribution is -0.135. The van der Waals surface area contributed by atoms with E-state index in [0.29, 0.717) is 5.39 Å². The molecule has 0 amide bonds. The number of benzene rings is 2. The van der Waals surface area contributed by atoms with Crippen LogP contribution >= 0.6 is 15.9 Å². The lowest BCUT2D eigenvalue weighted by atomic mass is 10.1. The maximum Gasteiger partial charge on any atom is 0.318 e. The van der Waals surface area contributed by atoms with Crippen LogP contribution < -0.4 is 4.72 Å². The van der Waals surface area contributed by atoms with Gasteiger partial charge in [0.1, 0.15) is 6.54 Å². The van der Waals surface area contributed by atoms with Crippen molar-refractivity contribution in [2.24, 2.45) is 0 Å². The molecule has 0 aliphatic heterocycles. The lowest BCUT2D eigenvalue weighted by Gasteiger charge is -2.09. The first kappa shape index (κ1) is 14.0. The molecule has 0 unspecified atom stereocenters. The molecule has 0 fully saturated rings. The van der Waals surface area contributed by atoms with Gasteiger partial charge in [-0.05, 0) is 17.5 Å². The van der Waals surface area contributed by atoms with Crippen molar-refractivity contribution in [3.05, 3.63) is 40.9 Å². The average Bonchev–Trinajstić information content (AvgIpc) is 2.36. The predicted octanol–water partition coefficient (Wildman–Crippen LogP) is 1.97. The first-order chi connectivity index (χ1) is 8.92. The second kappa shape index (κ2) is 5.28. The van der Waals surface area contributed by atoms with Gasteiger partial charge in [0.15, 0.2) is 0 Å². The molecule has 0 bridgehead atoms. The number of aliphatic carboxylic acids is 1. The van der Waals surface area contributed by atoms with Gasteiger partial charge in [-0.1, -0.05) is 40.2 Å². The van der Waals surface area contributed by atoms with Gasteiger partial charge in [0.25, 0.3) is 0 Å². The van der Waals surface area contributed by atoms with E-state index in [0.717, 1.165) is 9.86 Å². The van der Waals surface area contributed by atoms with Crippen molar-refractivity contribution < 1.29 is 18.3 Å². The summed E-state index contributed by atoms with van der Waals surface area (Å²) in [6.45, 7) is -0.646. The maximum absolute atomic E-state index is 12.1. The van der Waals surface area contributed by atoms with Crippen LogP contribution in [0.25, 0.3) is 10.8 Å². The Bertz CT molecular complexity index is 742. The van der Waals surface area contributed by atoms with E-state index in [9.17, 15) is 13.2 Å². The summed E-state index contributed by atoms with van der Waals surface area (Å²) in [7, 11) is -3.85. The van der Waals surface area contributed by atoms with Gasteiger partial charge in [-0.3, -0.25) is 4.79 Å². The molecule has 0 heterocycles. The minimum Gasteiger partial charge on any atom is -0.480 e. The fraction of sp³-hybridized carbons (Fsp3) is 0.0833. The van der Waals surface area contributed by atoms with Crippen LogP contribution in [0.5, 0.6) is 0 Å². The number of nitrogens with one attached hydrogen (secondary N) is 1. The highest BCUT2D eigenvalue weighted by atomic mass is 79.9. The standard InChI is InChI=1S/C12H10BrNO4S/c13-10-5-1-4-9-8(10)3-2-6-11(9)19(17,18)14-7-12(15)16/h1-6,14H,7H2,(H,15,16). The second-order valence-electron chi connectivity index (χ2n) is 3.81. The lowest BCUT2D eigenvalue weighted by Crippen LogP contribution is -2.29. The van der Waals surface area contributed by atoms with Crippen LogP contribution in [0.15, 0.2) is 45.8 Å². The molecule has 7 heteroatoms. The molecule has 5 nitrogen and oxygen atoms in total. The van der Waals surface area contributed by atoms with Gasteiger partial charge in [0.2, 0.25) is 10.0 Å². The number of carbonyl (C=O) groups is 1. The van der Waals surface area contributed by atoms with Crippen molar-refractivity contribution in [3.8, 4) is 0 Å². The quantitative estimate of drug-likeness (QED) is 0.888. The number of hydrogen-bond acceptors (Lipinski definition) is 3. The number of sulfonamides is 1. The van der Waals surface area contributed by atoms with Crippen LogP contribution in [-0.4, -0.2) is 26.0 Å². The maximum atomic E-state index is 12.1. The molecule has 2 rings (SSSR count). The molecule has 2 aromatic carbocycles.